The van der Waals surface area contributed by atoms with Crippen molar-refractivity contribution in [2.24, 2.45) is 11.8 Å². The van der Waals surface area contributed by atoms with Crippen molar-refractivity contribution in [3.05, 3.63) is 17.5 Å². The molecule has 1 aliphatic carbocycles. The van der Waals surface area contributed by atoms with Gasteiger partial charge in [-0.25, -0.2) is 0 Å². The summed E-state index contributed by atoms with van der Waals surface area (Å²) in [5.41, 5.74) is 3.07. The van der Waals surface area contributed by atoms with Crippen LogP contribution >= 0.6 is 0 Å². The number of likely N-dealkylation sites (tertiary alicyclic amines) is 1. The molecular weight excluding hydrogens is 246 g/mol. The maximum absolute atomic E-state index is 4.72. The molecule has 0 N–H and O–H groups in total. The van der Waals surface area contributed by atoms with Crippen LogP contribution in [-0.4, -0.2) is 33.8 Å². The predicted molar refractivity (Wildman–Crippen MR) is 82.9 cm³/mol. The molecule has 0 saturated carbocycles. The Hall–Kier alpha value is -0.830. The quantitative estimate of drug-likeness (QED) is 0.844. The zero-order chi connectivity index (χ0) is 14.3. The van der Waals surface area contributed by atoms with E-state index < -0.39 is 0 Å². The molecule has 0 aromatic carbocycles. The average molecular weight is 275 g/mol. The van der Waals surface area contributed by atoms with E-state index in [1.807, 2.05) is 0 Å². The monoisotopic (exact) mass is 275 g/mol. The van der Waals surface area contributed by atoms with Gasteiger partial charge in [-0.1, -0.05) is 13.8 Å². The van der Waals surface area contributed by atoms with E-state index in [2.05, 4.69) is 43.5 Å². The fourth-order valence-corrected chi connectivity index (χ4v) is 3.85. The molecular formula is C17H29N3. The van der Waals surface area contributed by atoms with Crippen LogP contribution in [0.25, 0.3) is 0 Å². The molecule has 0 bridgehead atoms. The minimum atomic E-state index is 0.639. The smallest absolute Gasteiger partial charge is 0.0546 e. The average Bonchev–Trinajstić information content (AvgIpc) is 2.98. The third-order valence-corrected chi connectivity index (χ3v) is 5.44. The fraction of sp³-hybridized carbons (Fsp3) is 0.824. The first-order chi connectivity index (χ1) is 9.56. The van der Waals surface area contributed by atoms with E-state index in [9.17, 15) is 0 Å². The molecule has 0 radical (unpaired) electrons. The van der Waals surface area contributed by atoms with E-state index in [4.69, 9.17) is 5.10 Å². The van der Waals surface area contributed by atoms with E-state index >= 15 is 0 Å². The number of hydrogen-bond donors (Lipinski definition) is 0. The first kappa shape index (κ1) is 14.1. The van der Waals surface area contributed by atoms with Gasteiger partial charge in [-0.05, 0) is 56.9 Å². The Labute approximate surface area is 123 Å². The van der Waals surface area contributed by atoms with Crippen molar-refractivity contribution in [3.8, 4) is 0 Å². The number of aromatic nitrogens is 2. The van der Waals surface area contributed by atoms with Gasteiger partial charge >= 0.3 is 0 Å². The van der Waals surface area contributed by atoms with Crippen molar-refractivity contribution in [2.45, 2.75) is 65.5 Å². The third kappa shape index (κ3) is 2.52. The summed E-state index contributed by atoms with van der Waals surface area (Å²) in [5.74, 6) is 1.63. The molecule has 0 spiro atoms. The molecule has 3 rings (SSSR count). The Balaban J connectivity index is 1.69. The van der Waals surface area contributed by atoms with E-state index in [0.29, 0.717) is 12.1 Å². The lowest BCUT2D eigenvalue weighted by Crippen LogP contribution is -2.39. The number of nitrogens with zero attached hydrogens (tertiary/aromatic N) is 3. The van der Waals surface area contributed by atoms with Crippen LogP contribution in [0.2, 0.25) is 0 Å². The second kappa shape index (κ2) is 5.51. The van der Waals surface area contributed by atoms with Crippen molar-refractivity contribution < 1.29 is 0 Å². The Kier molecular flexibility index (Phi) is 3.89. The summed E-state index contributed by atoms with van der Waals surface area (Å²) in [4.78, 5) is 2.59. The second-order valence-electron chi connectivity index (χ2n) is 7.33. The van der Waals surface area contributed by atoms with Gasteiger partial charge < -0.3 is 4.90 Å². The Morgan fingerprint density at radius 1 is 1.10 bits per heavy atom. The van der Waals surface area contributed by atoms with Gasteiger partial charge in [0.05, 0.1) is 12.2 Å². The van der Waals surface area contributed by atoms with E-state index in [1.54, 1.807) is 5.69 Å². The molecule has 1 saturated heterocycles. The zero-order valence-electron chi connectivity index (χ0n) is 13.5. The van der Waals surface area contributed by atoms with Gasteiger partial charge in [0.25, 0.3) is 0 Å². The minimum absolute atomic E-state index is 0.639. The highest BCUT2D eigenvalue weighted by Gasteiger charge is 2.31. The Bertz CT molecular complexity index is 453. The third-order valence-electron chi connectivity index (χ3n) is 5.44. The summed E-state index contributed by atoms with van der Waals surface area (Å²) in [6, 6.07) is 1.32. The van der Waals surface area contributed by atoms with Crippen LogP contribution in [0.3, 0.4) is 0 Å². The van der Waals surface area contributed by atoms with Crippen molar-refractivity contribution >= 4 is 0 Å². The zero-order valence-corrected chi connectivity index (χ0v) is 13.5. The molecule has 1 aliphatic heterocycles. The normalized spacial score (nSPS) is 24.8. The maximum atomic E-state index is 4.72. The number of piperidine rings is 1. The van der Waals surface area contributed by atoms with E-state index in [0.717, 1.165) is 11.8 Å². The predicted octanol–water partition coefficient (Wildman–Crippen LogP) is 3.30. The largest absolute Gasteiger partial charge is 0.301 e. The molecule has 20 heavy (non-hydrogen) atoms. The van der Waals surface area contributed by atoms with E-state index in [-0.39, 0.29) is 0 Å². The van der Waals surface area contributed by atoms with Crippen LogP contribution in [0, 0.1) is 11.8 Å². The van der Waals surface area contributed by atoms with Crippen molar-refractivity contribution in [1.29, 1.82) is 0 Å². The van der Waals surface area contributed by atoms with Gasteiger partial charge in [-0.2, -0.15) is 5.10 Å². The van der Waals surface area contributed by atoms with Gasteiger partial charge in [0, 0.05) is 24.8 Å². The SMILES string of the molecule is CC(C)C1Cc2cnn(C3CCN(C(C)C)CC3)c2C1. The molecule has 2 heterocycles. The summed E-state index contributed by atoms with van der Waals surface area (Å²) in [6.07, 6.45) is 7.17. The molecule has 112 valence electrons. The highest BCUT2D eigenvalue weighted by atomic mass is 15.3. The van der Waals surface area contributed by atoms with E-state index in [1.165, 1.54) is 44.3 Å². The van der Waals surface area contributed by atoms with Gasteiger partial charge in [-0.3, -0.25) is 4.68 Å². The lowest BCUT2D eigenvalue weighted by Gasteiger charge is -2.35. The van der Waals surface area contributed by atoms with Gasteiger partial charge in [0.1, 0.15) is 0 Å². The van der Waals surface area contributed by atoms with Crippen LogP contribution in [0.1, 0.15) is 57.8 Å². The van der Waals surface area contributed by atoms with Crippen molar-refractivity contribution in [2.75, 3.05) is 13.1 Å². The first-order valence-electron chi connectivity index (χ1n) is 8.35. The van der Waals surface area contributed by atoms with Crippen molar-refractivity contribution in [1.82, 2.24) is 14.7 Å². The molecule has 1 atom stereocenters. The van der Waals surface area contributed by atoms with Crippen LogP contribution < -0.4 is 0 Å². The highest BCUT2D eigenvalue weighted by Crippen LogP contribution is 2.34. The molecule has 1 unspecified atom stereocenters. The Morgan fingerprint density at radius 2 is 1.80 bits per heavy atom. The summed E-state index contributed by atoms with van der Waals surface area (Å²) in [6.45, 7) is 11.8. The van der Waals surface area contributed by atoms with Crippen LogP contribution in [0.5, 0.6) is 0 Å². The van der Waals surface area contributed by atoms with Gasteiger partial charge in [0.15, 0.2) is 0 Å². The minimum Gasteiger partial charge on any atom is -0.301 e. The maximum Gasteiger partial charge on any atom is 0.0546 e. The van der Waals surface area contributed by atoms with Crippen molar-refractivity contribution in [3.63, 3.8) is 0 Å². The molecule has 3 heteroatoms. The standard InChI is InChI=1S/C17H29N3/c1-12(2)14-9-15-11-18-20(17(15)10-14)16-5-7-19(8-6-16)13(3)4/h11-14,16H,5-10H2,1-4H3. The van der Waals surface area contributed by atoms with Crippen LogP contribution in [-0.2, 0) is 12.8 Å². The summed E-state index contributed by atoms with van der Waals surface area (Å²) < 4.78 is 2.38. The van der Waals surface area contributed by atoms with Crippen LogP contribution in [0.15, 0.2) is 6.20 Å². The number of fused-ring (bicyclic) bond motifs is 1. The Morgan fingerprint density at radius 3 is 2.40 bits per heavy atom. The summed E-state index contributed by atoms with van der Waals surface area (Å²) in [7, 11) is 0. The first-order valence-corrected chi connectivity index (χ1v) is 8.35. The lowest BCUT2D eigenvalue weighted by atomic mass is 9.93. The number of rotatable bonds is 3. The summed E-state index contributed by atoms with van der Waals surface area (Å²) in [5, 5.41) is 4.72. The molecule has 1 aromatic rings. The van der Waals surface area contributed by atoms with Gasteiger partial charge in [-0.15, -0.1) is 0 Å². The second-order valence-corrected chi connectivity index (χ2v) is 7.33. The summed E-state index contributed by atoms with van der Waals surface area (Å²) >= 11 is 0. The molecule has 1 aromatic heterocycles. The lowest BCUT2D eigenvalue weighted by molar-refractivity contribution is 0.145. The highest BCUT2D eigenvalue weighted by molar-refractivity contribution is 5.25. The van der Waals surface area contributed by atoms with Crippen LogP contribution in [0.4, 0.5) is 0 Å². The molecule has 1 fully saturated rings. The molecule has 3 nitrogen and oxygen atoms in total. The number of hydrogen-bond acceptors (Lipinski definition) is 2. The van der Waals surface area contributed by atoms with Gasteiger partial charge in [0.2, 0.25) is 0 Å². The topological polar surface area (TPSA) is 21.1 Å². The molecule has 0 amide bonds. The fourth-order valence-electron chi connectivity index (χ4n) is 3.85. The molecule has 2 aliphatic rings.